The van der Waals surface area contributed by atoms with Crippen LogP contribution in [0.25, 0.3) is 0 Å². The SMILES string of the molecule is CNC(CNC1CC1)c1c(C)c(C)cc(C)c1C. The minimum absolute atomic E-state index is 0.421. The Kier molecular flexibility index (Phi) is 4.08. The lowest BCUT2D eigenvalue weighted by atomic mass is 9.89. The fourth-order valence-electron chi connectivity index (χ4n) is 2.69. The first kappa shape index (κ1) is 13.6. The Morgan fingerprint density at radius 3 is 2.11 bits per heavy atom. The highest BCUT2D eigenvalue weighted by atomic mass is 15.0. The van der Waals surface area contributed by atoms with Gasteiger partial charge in [-0.1, -0.05) is 6.07 Å². The Hall–Kier alpha value is -0.860. The van der Waals surface area contributed by atoms with Gasteiger partial charge in [0.05, 0.1) is 0 Å². The highest BCUT2D eigenvalue weighted by Crippen LogP contribution is 2.28. The van der Waals surface area contributed by atoms with E-state index >= 15 is 0 Å². The van der Waals surface area contributed by atoms with Gasteiger partial charge in [-0.15, -0.1) is 0 Å². The Bertz CT molecular complexity index is 407. The van der Waals surface area contributed by atoms with Crippen molar-refractivity contribution in [2.75, 3.05) is 13.6 Å². The van der Waals surface area contributed by atoms with Crippen molar-refractivity contribution in [3.05, 3.63) is 33.9 Å². The minimum atomic E-state index is 0.421. The average Bonchev–Trinajstić information content (AvgIpc) is 3.15. The van der Waals surface area contributed by atoms with E-state index in [1.54, 1.807) is 0 Å². The average molecular weight is 246 g/mol. The normalized spacial score (nSPS) is 16.9. The van der Waals surface area contributed by atoms with Crippen molar-refractivity contribution in [1.29, 1.82) is 0 Å². The molecule has 0 saturated heterocycles. The molecule has 2 heteroatoms. The molecule has 2 rings (SSSR count). The maximum absolute atomic E-state index is 3.64. The molecule has 2 nitrogen and oxygen atoms in total. The summed E-state index contributed by atoms with van der Waals surface area (Å²) in [6.07, 6.45) is 2.70. The van der Waals surface area contributed by atoms with E-state index in [9.17, 15) is 0 Å². The summed E-state index contributed by atoms with van der Waals surface area (Å²) in [4.78, 5) is 0. The Morgan fingerprint density at radius 2 is 1.67 bits per heavy atom. The van der Waals surface area contributed by atoms with Gasteiger partial charge in [-0.25, -0.2) is 0 Å². The summed E-state index contributed by atoms with van der Waals surface area (Å²) >= 11 is 0. The van der Waals surface area contributed by atoms with Gasteiger partial charge in [0.1, 0.15) is 0 Å². The second-order valence-electron chi connectivity index (χ2n) is 5.70. The lowest BCUT2D eigenvalue weighted by Crippen LogP contribution is -2.32. The third-order valence-electron chi connectivity index (χ3n) is 4.31. The molecule has 0 spiro atoms. The first-order valence-corrected chi connectivity index (χ1v) is 7.02. The summed E-state index contributed by atoms with van der Waals surface area (Å²) in [7, 11) is 2.07. The van der Waals surface area contributed by atoms with Crippen LogP contribution in [0.1, 0.15) is 46.7 Å². The molecule has 18 heavy (non-hydrogen) atoms. The second-order valence-corrected chi connectivity index (χ2v) is 5.70. The topological polar surface area (TPSA) is 24.1 Å². The van der Waals surface area contributed by atoms with E-state index in [0.717, 1.165) is 12.6 Å². The molecule has 1 aromatic rings. The quantitative estimate of drug-likeness (QED) is 0.834. The summed E-state index contributed by atoms with van der Waals surface area (Å²) in [5.41, 5.74) is 7.17. The summed E-state index contributed by atoms with van der Waals surface area (Å²) in [6.45, 7) is 9.96. The van der Waals surface area contributed by atoms with Crippen LogP contribution in [0.4, 0.5) is 0 Å². The summed E-state index contributed by atoms with van der Waals surface area (Å²) < 4.78 is 0. The van der Waals surface area contributed by atoms with Gasteiger partial charge in [-0.2, -0.15) is 0 Å². The molecular formula is C16H26N2. The largest absolute Gasteiger partial charge is 0.312 e. The van der Waals surface area contributed by atoms with Crippen molar-refractivity contribution in [3.63, 3.8) is 0 Å². The highest BCUT2D eigenvalue weighted by molar-refractivity contribution is 5.45. The summed E-state index contributed by atoms with van der Waals surface area (Å²) in [5.74, 6) is 0. The minimum Gasteiger partial charge on any atom is -0.312 e. The molecule has 1 aliphatic rings. The number of hydrogen-bond donors (Lipinski definition) is 2. The van der Waals surface area contributed by atoms with Gasteiger partial charge in [-0.05, 0) is 75.4 Å². The van der Waals surface area contributed by atoms with Gasteiger partial charge >= 0.3 is 0 Å². The van der Waals surface area contributed by atoms with Crippen LogP contribution < -0.4 is 10.6 Å². The van der Waals surface area contributed by atoms with Crippen molar-refractivity contribution < 1.29 is 0 Å². The highest BCUT2D eigenvalue weighted by Gasteiger charge is 2.23. The molecule has 0 aromatic heterocycles. The molecule has 100 valence electrons. The van der Waals surface area contributed by atoms with Crippen LogP contribution in [-0.2, 0) is 0 Å². The second kappa shape index (κ2) is 5.41. The lowest BCUT2D eigenvalue weighted by Gasteiger charge is -2.24. The molecule has 0 radical (unpaired) electrons. The number of aryl methyl sites for hydroxylation is 2. The molecule has 1 fully saturated rings. The number of benzene rings is 1. The van der Waals surface area contributed by atoms with Gasteiger partial charge < -0.3 is 10.6 Å². The van der Waals surface area contributed by atoms with E-state index in [-0.39, 0.29) is 0 Å². The maximum atomic E-state index is 3.64. The van der Waals surface area contributed by atoms with Crippen LogP contribution in [-0.4, -0.2) is 19.6 Å². The lowest BCUT2D eigenvalue weighted by molar-refractivity contribution is 0.521. The zero-order chi connectivity index (χ0) is 13.3. The monoisotopic (exact) mass is 246 g/mol. The van der Waals surface area contributed by atoms with Gasteiger partial charge in [0.15, 0.2) is 0 Å². The number of nitrogens with one attached hydrogen (secondary N) is 2. The van der Waals surface area contributed by atoms with Crippen molar-refractivity contribution in [2.24, 2.45) is 0 Å². The number of hydrogen-bond acceptors (Lipinski definition) is 2. The van der Waals surface area contributed by atoms with Crippen molar-refractivity contribution in [3.8, 4) is 0 Å². The Labute approximate surface area is 111 Å². The van der Waals surface area contributed by atoms with E-state index in [0.29, 0.717) is 6.04 Å². The van der Waals surface area contributed by atoms with Crippen LogP contribution in [0.5, 0.6) is 0 Å². The zero-order valence-electron chi connectivity index (χ0n) is 12.4. The van der Waals surface area contributed by atoms with Gasteiger partial charge in [0.2, 0.25) is 0 Å². The van der Waals surface area contributed by atoms with E-state index in [1.807, 2.05) is 0 Å². The standard InChI is InChI=1S/C16H26N2/c1-10-8-11(2)13(4)16(12(10)3)15(17-5)9-18-14-6-7-14/h8,14-15,17-18H,6-7,9H2,1-5H3. The molecule has 0 heterocycles. The van der Waals surface area contributed by atoms with E-state index in [2.05, 4.69) is 51.4 Å². The first-order chi connectivity index (χ1) is 8.54. The third kappa shape index (κ3) is 2.76. The van der Waals surface area contributed by atoms with Crippen LogP contribution in [0.2, 0.25) is 0 Å². The molecule has 1 aliphatic carbocycles. The zero-order valence-corrected chi connectivity index (χ0v) is 12.4. The maximum Gasteiger partial charge on any atom is 0.0449 e. The van der Waals surface area contributed by atoms with E-state index < -0.39 is 0 Å². The molecule has 0 aliphatic heterocycles. The number of likely N-dealkylation sites (N-methyl/N-ethyl adjacent to an activating group) is 1. The fraction of sp³-hybridized carbons (Fsp3) is 0.625. The Morgan fingerprint density at radius 1 is 1.11 bits per heavy atom. The summed E-state index contributed by atoms with van der Waals surface area (Å²) in [5, 5.41) is 7.11. The molecule has 0 bridgehead atoms. The van der Waals surface area contributed by atoms with E-state index in [1.165, 1.54) is 40.7 Å². The molecule has 1 unspecified atom stereocenters. The van der Waals surface area contributed by atoms with Crippen LogP contribution in [0.15, 0.2) is 6.07 Å². The molecule has 1 saturated carbocycles. The van der Waals surface area contributed by atoms with Crippen LogP contribution in [0.3, 0.4) is 0 Å². The smallest absolute Gasteiger partial charge is 0.0449 e. The third-order valence-corrected chi connectivity index (χ3v) is 4.31. The number of rotatable bonds is 5. The summed E-state index contributed by atoms with van der Waals surface area (Å²) in [6, 6.07) is 3.49. The van der Waals surface area contributed by atoms with E-state index in [4.69, 9.17) is 0 Å². The van der Waals surface area contributed by atoms with Crippen LogP contribution >= 0.6 is 0 Å². The fourth-order valence-corrected chi connectivity index (χ4v) is 2.69. The van der Waals surface area contributed by atoms with Crippen molar-refractivity contribution >= 4 is 0 Å². The predicted octanol–water partition coefficient (Wildman–Crippen LogP) is 2.93. The van der Waals surface area contributed by atoms with Gasteiger partial charge in [0.25, 0.3) is 0 Å². The van der Waals surface area contributed by atoms with Gasteiger partial charge in [-0.3, -0.25) is 0 Å². The molecule has 1 atom stereocenters. The van der Waals surface area contributed by atoms with Gasteiger partial charge in [0, 0.05) is 18.6 Å². The molecule has 1 aromatic carbocycles. The Balaban J connectivity index is 2.27. The van der Waals surface area contributed by atoms with Crippen LogP contribution in [0, 0.1) is 27.7 Å². The predicted molar refractivity (Wildman–Crippen MR) is 78.2 cm³/mol. The van der Waals surface area contributed by atoms with Crippen molar-refractivity contribution in [1.82, 2.24) is 10.6 Å². The molecule has 2 N–H and O–H groups in total. The van der Waals surface area contributed by atoms with Crippen molar-refractivity contribution in [2.45, 2.75) is 52.6 Å². The molecule has 0 amide bonds. The molecular weight excluding hydrogens is 220 g/mol. The first-order valence-electron chi connectivity index (χ1n) is 7.02.